The number of methoxy groups -OCH3 is 2. The number of hydrogen-bond donors (Lipinski definition) is 2. The van der Waals surface area contributed by atoms with Gasteiger partial charge in [-0.05, 0) is 36.4 Å². The van der Waals surface area contributed by atoms with Gasteiger partial charge in [0.1, 0.15) is 17.3 Å². The molecule has 0 aliphatic heterocycles. The minimum atomic E-state index is 0.741. The number of benzene rings is 1. The molecule has 1 aromatic carbocycles. The molecule has 0 aliphatic carbocycles. The molecule has 0 spiro atoms. The van der Waals surface area contributed by atoms with Gasteiger partial charge < -0.3 is 19.8 Å². The van der Waals surface area contributed by atoms with Crippen LogP contribution in [0, 0.1) is 0 Å². The first-order valence-corrected chi connectivity index (χ1v) is 8.15. The third-order valence-corrected chi connectivity index (χ3v) is 4.13. The topological polar surface area (TPSA) is 72.1 Å². The molecule has 0 aliphatic rings. The van der Waals surface area contributed by atoms with Crippen LogP contribution in [0.4, 0.5) is 11.5 Å². The number of fused-ring (bicyclic) bond motifs is 1. The summed E-state index contributed by atoms with van der Waals surface area (Å²) in [7, 11) is 3.28. The molecule has 4 rings (SSSR count). The van der Waals surface area contributed by atoms with E-state index >= 15 is 0 Å². The summed E-state index contributed by atoms with van der Waals surface area (Å²) in [4.78, 5) is 12.0. The van der Waals surface area contributed by atoms with Gasteiger partial charge in [-0.15, -0.1) is 0 Å². The van der Waals surface area contributed by atoms with Gasteiger partial charge in [0.25, 0.3) is 0 Å². The van der Waals surface area contributed by atoms with Gasteiger partial charge in [-0.25, -0.2) is 4.98 Å². The molecule has 2 N–H and O–H groups in total. The Hall–Kier alpha value is -3.54. The van der Waals surface area contributed by atoms with Crippen molar-refractivity contribution in [3.8, 4) is 22.8 Å². The van der Waals surface area contributed by atoms with Gasteiger partial charge in [-0.2, -0.15) is 0 Å². The highest BCUT2D eigenvalue weighted by molar-refractivity contribution is 5.95. The smallest absolute Gasteiger partial charge is 0.139 e. The summed E-state index contributed by atoms with van der Waals surface area (Å²) < 4.78 is 10.7. The van der Waals surface area contributed by atoms with Crippen molar-refractivity contribution in [1.29, 1.82) is 0 Å². The second kappa shape index (κ2) is 6.76. The van der Waals surface area contributed by atoms with Crippen molar-refractivity contribution < 1.29 is 9.47 Å². The van der Waals surface area contributed by atoms with Gasteiger partial charge >= 0.3 is 0 Å². The van der Waals surface area contributed by atoms with Crippen molar-refractivity contribution in [1.82, 2.24) is 15.0 Å². The molecule has 0 saturated heterocycles. The third-order valence-electron chi connectivity index (χ3n) is 4.13. The van der Waals surface area contributed by atoms with E-state index in [-0.39, 0.29) is 0 Å². The van der Waals surface area contributed by atoms with Crippen LogP contribution in [0.5, 0.6) is 11.5 Å². The summed E-state index contributed by atoms with van der Waals surface area (Å²) in [5.41, 5.74) is 3.81. The number of rotatable bonds is 5. The molecule has 0 amide bonds. The number of nitrogens with zero attached hydrogens (tertiary/aromatic N) is 2. The van der Waals surface area contributed by atoms with Crippen LogP contribution in [0.2, 0.25) is 0 Å². The molecule has 0 saturated carbocycles. The lowest BCUT2D eigenvalue weighted by Gasteiger charge is -2.07. The molecule has 26 heavy (non-hydrogen) atoms. The molecular formula is C20H18N4O2. The summed E-state index contributed by atoms with van der Waals surface area (Å²) >= 11 is 0. The van der Waals surface area contributed by atoms with Gasteiger partial charge in [0.05, 0.1) is 31.6 Å². The second-order valence-electron chi connectivity index (χ2n) is 5.77. The molecule has 3 aromatic heterocycles. The fourth-order valence-electron chi connectivity index (χ4n) is 2.85. The summed E-state index contributed by atoms with van der Waals surface area (Å²) in [6.45, 7) is 0. The molecule has 130 valence electrons. The Morgan fingerprint density at radius 3 is 2.46 bits per heavy atom. The van der Waals surface area contributed by atoms with Gasteiger partial charge in [0.15, 0.2) is 0 Å². The lowest BCUT2D eigenvalue weighted by atomic mass is 10.1. The minimum Gasteiger partial charge on any atom is -0.497 e. The van der Waals surface area contributed by atoms with Crippen LogP contribution in [0.15, 0.2) is 61.1 Å². The van der Waals surface area contributed by atoms with Crippen LogP contribution in [0.3, 0.4) is 0 Å². The Kier molecular flexibility index (Phi) is 4.15. The van der Waals surface area contributed by atoms with Crippen LogP contribution < -0.4 is 14.8 Å². The standard InChI is InChI=1S/C20H18N4O2/c1-25-15-8-13(9-16(10-15)26-2)19-11-17-18(24-19)5-7-22-20(17)23-14-4-3-6-21-12-14/h3-12,24H,1-2H3,(H,22,23). The number of aromatic nitrogens is 3. The van der Waals surface area contributed by atoms with Crippen molar-refractivity contribution in [2.24, 2.45) is 0 Å². The largest absolute Gasteiger partial charge is 0.497 e. The van der Waals surface area contributed by atoms with E-state index in [4.69, 9.17) is 9.47 Å². The predicted octanol–water partition coefficient (Wildman–Crippen LogP) is 4.39. The quantitative estimate of drug-likeness (QED) is 0.561. The van der Waals surface area contributed by atoms with Crippen molar-refractivity contribution in [3.05, 3.63) is 61.1 Å². The van der Waals surface area contributed by atoms with Crippen LogP contribution in [0.25, 0.3) is 22.2 Å². The van der Waals surface area contributed by atoms with E-state index in [2.05, 4.69) is 26.3 Å². The SMILES string of the molecule is COc1cc(OC)cc(-c2cc3c(Nc4cccnc4)nccc3[nH]2)c1. The zero-order valence-electron chi connectivity index (χ0n) is 14.5. The lowest BCUT2D eigenvalue weighted by Crippen LogP contribution is -1.93. The molecule has 0 unspecified atom stereocenters. The average molecular weight is 346 g/mol. The molecule has 0 radical (unpaired) electrons. The molecule has 0 bridgehead atoms. The van der Waals surface area contributed by atoms with Crippen LogP contribution in [0.1, 0.15) is 0 Å². The fourth-order valence-corrected chi connectivity index (χ4v) is 2.85. The van der Waals surface area contributed by atoms with E-state index in [1.807, 2.05) is 36.4 Å². The molecule has 6 heteroatoms. The van der Waals surface area contributed by atoms with Gasteiger partial charge in [0, 0.05) is 35.1 Å². The molecule has 0 atom stereocenters. The first kappa shape index (κ1) is 16.0. The monoisotopic (exact) mass is 346 g/mol. The molecule has 4 aromatic rings. The number of pyridine rings is 2. The average Bonchev–Trinajstić information content (AvgIpc) is 3.14. The number of nitrogens with one attached hydrogen (secondary N) is 2. The lowest BCUT2D eigenvalue weighted by molar-refractivity contribution is 0.394. The maximum Gasteiger partial charge on any atom is 0.139 e. The molecule has 6 nitrogen and oxygen atoms in total. The van der Waals surface area contributed by atoms with Crippen LogP contribution in [-0.2, 0) is 0 Å². The number of hydrogen-bond acceptors (Lipinski definition) is 5. The summed E-state index contributed by atoms with van der Waals surface area (Å²) in [5, 5.41) is 4.31. The minimum absolute atomic E-state index is 0.741. The van der Waals surface area contributed by atoms with Crippen LogP contribution in [-0.4, -0.2) is 29.2 Å². The first-order valence-electron chi connectivity index (χ1n) is 8.15. The van der Waals surface area contributed by atoms with Gasteiger partial charge in [-0.1, -0.05) is 0 Å². The van der Waals surface area contributed by atoms with Crippen molar-refractivity contribution in [2.75, 3.05) is 19.5 Å². The third kappa shape index (κ3) is 3.04. The number of anilines is 2. The van der Waals surface area contributed by atoms with E-state index in [1.54, 1.807) is 32.8 Å². The Balaban J connectivity index is 1.78. The molecule has 3 heterocycles. The number of ether oxygens (including phenoxy) is 2. The van der Waals surface area contributed by atoms with Crippen LogP contribution >= 0.6 is 0 Å². The molecular weight excluding hydrogens is 328 g/mol. The Morgan fingerprint density at radius 1 is 0.962 bits per heavy atom. The van der Waals surface area contributed by atoms with Crippen molar-refractivity contribution >= 4 is 22.4 Å². The van der Waals surface area contributed by atoms with Gasteiger partial charge in [-0.3, -0.25) is 4.98 Å². The predicted molar refractivity (Wildman–Crippen MR) is 102 cm³/mol. The highest BCUT2D eigenvalue weighted by Crippen LogP contribution is 2.33. The van der Waals surface area contributed by atoms with E-state index in [1.165, 1.54) is 0 Å². The van der Waals surface area contributed by atoms with E-state index in [0.29, 0.717) is 0 Å². The van der Waals surface area contributed by atoms with Crippen molar-refractivity contribution in [2.45, 2.75) is 0 Å². The maximum atomic E-state index is 5.37. The highest BCUT2D eigenvalue weighted by atomic mass is 16.5. The van der Waals surface area contributed by atoms with E-state index < -0.39 is 0 Å². The number of aromatic amines is 1. The van der Waals surface area contributed by atoms with Crippen molar-refractivity contribution in [3.63, 3.8) is 0 Å². The molecule has 0 fully saturated rings. The first-order chi connectivity index (χ1) is 12.8. The normalized spacial score (nSPS) is 10.7. The Morgan fingerprint density at radius 2 is 1.77 bits per heavy atom. The van der Waals surface area contributed by atoms with E-state index in [9.17, 15) is 0 Å². The maximum absolute atomic E-state index is 5.37. The van der Waals surface area contributed by atoms with E-state index in [0.717, 1.165) is 45.2 Å². The zero-order valence-corrected chi connectivity index (χ0v) is 14.5. The highest BCUT2D eigenvalue weighted by Gasteiger charge is 2.11. The Labute approximate surface area is 150 Å². The summed E-state index contributed by atoms with van der Waals surface area (Å²) in [6.07, 6.45) is 5.28. The Bertz CT molecular complexity index is 1020. The van der Waals surface area contributed by atoms with Gasteiger partial charge in [0.2, 0.25) is 0 Å². The summed E-state index contributed by atoms with van der Waals surface area (Å²) in [6, 6.07) is 13.6. The summed E-state index contributed by atoms with van der Waals surface area (Å²) in [5.74, 6) is 2.25. The zero-order chi connectivity index (χ0) is 17.9. The fraction of sp³-hybridized carbons (Fsp3) is 0.100. The second-order valence-corrected chi connectivity index (χ2v) is 5.77. The number of H-pyrrole nitrogens is 1.